The van der Waals surface area contributed by atoms with E-state index in [2.05, 4.69) is 0 Å². The summed E-state index contributed by atoms with van der Waals surface area (Å²) in [6.07, 6.45) is 3.01. The van der Waals surface area contributed by atoms with Gasteiger partial charge in [-0.15, -0.1) is 0 Å². The van der Waals surface area contributed by atoms with Crippen LogP contribution in [0.15, 0.2) is 84.9 Å². The molecule has 0 saturated carbocycles. The molecule has 152 valence electrons. The first-order chi connectivity index (χ1) is 14.6. The van der Waals surface area contributed by atoms with E-state index < -0.39 is 11.9 Å². The van der Waals surface area contributed by atoms with Crippen LogP contribution in [0, 0.1) is 0 Å². The Kier molecular flexibility index (Phi) is 7.39. The summed E-state index contributed by atoms with van der Waals surface area (Å²) in [6, 6.07) is 23.1. The SMILES string of the molecule is CCOc1ccc(/C=C/C(=O)Oc2ccc(C(=O)OCc3ccccc3)cc2)cc1. The lowest BCUT2D eigenvalue weighted by Crippen LogP contribution is -2.06. The molecule has 0 N–H and O–H groups in total. The number of benzene rings is 3. The highest BCUT2D eigenvalue weighted by Gasteiger charge is 2.08. The fourth-order valence-corrected chi connectivity index (χ4v) is 2.62. The zero-order chi connectivity index (χ0) is 21.2. The van der Waals surface area contributed by atoms with E-state index >= 15 is 0 Å². The molecule has 0 radical (unpaired) electrons. The minimum Gasteiger partial charge on any atom is -0.494 e. The van der Waals surface area contributed by atoms with Crippen molar-refractivity contribution >= 4 is 18.0 Å². The maximum atomic E-state index is 12.1. The van der Waals surface area contributed by atoms with Crippen LogP contribution in [0.2, 0.25) is 0 Å². The van der Waals surface area contributed by atoms with Crippen LogP contribution in [0.3, 0.4) is 0 Å². The molecular formula is C25H22O5. The normalized spacial score (nSPS) is 10.6. The van der Waals surface area contributed by atoms with Gasteiger partial charge in [-0.1, -0.05) is 42.5 Å². The Morgan fingerprint density at radius 2 is 1.50 bits per heavy atom. The Bertz CT molecular complexity index is 990. The summed E-state index contributed by atoms with van der Waals surface area (Å²) in [4.78, 5) is 24.1. The van der Waals surface area contributed by atoms with Gasteiger partial charge in [0, 0.05) is 6.08 Å². The van der Waals surface area contributed by atoms with Gasteiger partial charge in [-0.05, 0) is 60.5 Å². The predicted octanol–water partition coefficient (Wildman–Crippen LogP) is 5.06. The van der Waals surface area contributed by atoms with E-state index in [0.717, 1.165) is 16.9 Å². The lowest BCUT2D eigenvalue weighted by molar-refractivity contribution is -0.128. The highest BCUT2D eigenvalue weighted by atomic mass is 16.5. The third-order valence-electron chi connectivity index (χ3n) is 4.12. The Labute approximate surface area is 175 Å². The summed E-state index contributed by atoms with van der Waals surface area (Å²) in [7, 11) is 0. The zero-order valence-corrected chi connectivity index (χ0v) is 16.6. The van der Waals surface area contributed by atoms with Crippen molar-refractivity contribution in [2.45, 2.75) is 13.5 Å². The molecule has 3 rings (SSSR count). The molecule has 0 atom stereocenters. The van der Waals surface area contributed by atoms with Crippen LogP contribution in [0.4, 0.5) is 0 Å². The van der Waals surface area contributed by atoms with Gasteiger partial charge in [0.15, 0.2) is 0 Å². The molecule has 30 heavy (non-hydrogen) atoms. The van der Waals surface area contributed by atoms with E-state index in [1.165, 1.54) is 6.08 Å². The molecule has 5 heteroatoms. The lowest BCUT2D eigenvalue weighted by atomic mass is 10.2. The number of ether oxygens (including phenoxy) is 3. The fourth-order valence-electron chi connectivity index (χ4n) is 2.62. The Morgan fingerprint density at radius 3 is 2.17 bits per heavy atom. The molecular weight excluding hydrogens is 380 g/mol. The average Bonchev–Trinajstić information content (AvgIpc) is 2.78. The van der Waals surface area contributed by atoms with E-state index in [4.69, 9.17) is 14.2 Å². The van der Waals surface area contributed by atoms with Crippen LogP contribution in [-0.4, -0.2) is 18.5 Å². The largest absolute Gasteiger partial charge is 0.494 e. The Balaban J connectivity index is 1.50. The van der Waals surface area contributed by atoms with Gasteiger partial charge in [-0.3, -0.25) is 0 Å². The third-order valence-corrected chi connectivity index (χ3v) is 4.12. The second-order valence-corrected chi connectivity index (χ2v) is 6.34. The monoisotopic (exact) mass is 402 g/mol. The van der Waals surface area contributed by atoms with Gasteiger partial charge in [-0.25, -0.2) is 9.59 Å². The van der Waals surface area contributed by atoms with Gasteiger partial charge in [0.05, 0.1) is 12.2 Å². The maximum absolute atomic E-state index is 12.1. The molecule has 0 unspecified atom stereocenters. The summed E-state index contributed by atoms with van der Waals surface area (Å²) in [6.45, 7) is 2.72. The highest BCUT2D eigenvalue weighted by molar-refractivity contribution is 5.90. The smallest absolute Gasteiger partial charge is 0.338 e. The molecule has 0 amide bonds. The first-order valence-corrected chi connectivity index (χ1v) is 9.58. The second-order valence-electron chi connectivity index (χ2n) is 6.34. The van der Waals surface area contributed by atoms with Crippen LogP contribution in [0.25, 0.3) is 6.08 Å². The number of hydrogen-bond donors (Lipinski definition) is 0. The van der Waals surface area contributed by atoms with Crippen molar-refractivity contribution in [3.05, 3.63) is 102 Å². The zero-order valence-electron chi connectivity index (χ0n) is 16.6. The van der Waals surface area contributed by atoms with Crippen LogP contribution < -0.4 is 9.47 Å². The van der Waals surface area contributed by atoms with Gasteiger partial charge in [0.2, 0.25) is 0 Å². The quantitative estimate of drug-likeness (QED) is 0.299. The molecule has 0 aliphatic carbocycles. The van der Waals surface area contributed by atoms with Crippen molar-refractivity contribution < 1.29 is 23.8 Å². The van der Waals surface area contributed by atoms with Gasteiger partial charge >= 0.3 is 11.9 Å². The Hall–Kier alpha value is -3.86. The van der Waals surface area contributed by atoms with E-state index in [1.54, 1.807) is 30.3 Å². The van der Waals surface area contributed by atoms with Crippen molar-refractivity contribution in [3.8, 4) is 11.5 Å². The lowest BCUT2D eigenvalue weighted by Gasteiger charge is -2.06. The molecule has 3 aromatic rings. The summed E-state index contributed by atoms with van der Waals surface area (Å²) < 4.78 is 15.9. The van der Waals surface area contributed by atoms with E-state index in [-0.39, 0.29) is 6.61 Å². The molecule has 5 nitrogen and oxygen atoms in total. The standard InChI is InChI=1S/C25H22O5/c1-2-28-22-13-8-19(9-14-22)10-17-24(26)30-23-15-11-21(12-16-23)25(27)29-18-20-6-4-3-5-7-20/h3-17H,2,18H2,1H3/b17-10+. The van der Waals surface area contributed by atoms with Gasteiger partial charge in [0.1, 0.15) is 18.1 Å². The van der Waals surface area contributed by atoms with Crippen molar-refractivity contribution in [1.29, 1.82) is 0 Å². The molecule has 0 aliphatic rings. The minimum atomic E-state index is -0.511. The Morgan fingerprint density at radius 1 is 0.833 bits per heavy atom. The van der Waals surface area contributed by atoms with Crippen molar-refractivity contribution in [3.63, 3.8) is 0 Å². The topological polar surface area (TPSA) is 61.8 Å². The molecule has 0 spiro atoms. The molecule has 0 saturated heterocycles. The molecule has 0 heterocycles. The fraction of sp³-hybridized carbons (Fsp3) is 0.120. The van der Waals surface area contributed by atoms with Crippen molar-refractivity contribution in [1.82, 2.24) is 0 Å². The maximum Gasteiger partial charge on any atom is 0.338 e. The summed E-state index contributed by atoms with van der Waals surface area (Å²) >= 11 is 0. The van der Waals surface area contributed by atoms with Gasteiger partial charge < -0.3 is 14.2 Å². The number of carbonyl (C=O) groups excluding carboxylic acids is 2. The van der Waals surface area contributed by atoms with Crippen LogP contribution in [0.5, 0.6) is 11.5 Å². The van der Waals surface area contributed by atoms with Crippen molar-refractivity contribution in [2.24, 2.45) is 0 Å². The van der Waals surface area contributed by atoms with Crippen LogP contribution in [-0.2, 0) is 16.1 Å². The number of esters is 2. The average molecular weight is 402 g/mol. The molecule has 0 fully saturated rings. The van der Waals surface area contributed by atoms with Gasteiger partial charge in [-0.2, -0.15) is 0 Å². The number of hydrogen-bond acceptors (Lipinski definition) is 5. The van der Waals surface area contributed by atoms with Crippen LogP contribution >= 0.6 is 0 Å². The van der Waals surface area contributed by atoms with Crippen LogP contribution in [0.1, 0.15) is 28.4 Å². The molecule has 3 aromatic carbocycles. The minimum absolute atomic E-state index is 0.201. The molecule has 0 aliphatic heterocycles. The first-order valence-electron chi connectivity index (χ1n) is 9.58. The summed E-state index contributed by atoms with van der Waals surface area (Å²) in [5.41, 5.74) is 2.15. The predicted molar refractivity (Wildman–Crippen MR) is 114 cm³/mol. The molecule has 0 bridgehead atoms. The van der Waals surface area contributed by atoms with E-state index in [9.17, 15) is 9.59 Å². The summed E-state index contributed by atoms with van der Waals surface area (Å²) in [5, 5.41) is 0. The van der Waals surface area contributed by atoms with Gasteiger partial charge in [0.25, 0.3) is 0 Å². The van der Waals surface area contributed by atoms with E-state index in [0.29, 0.717) is 17.9 Å². The number of rotatable bonds is 8. The third kappa shape index (κ3) is 6.34. The van der Waals surface area contributed by atoms with E-state index in [1.807, 2.05) is 61.5 Å². The second kappa shape index (κ2) is 10.6. The molecule has 0 aromatic heterocycles. The highest BCUT2D eigenvalue weighted by Crippen LogP contribution is 2.16. The van der Waals surface area contributed by atoms with Crippen molar-refractivity contribution in [2.75, 3.05) is 6.61 Å². The summed E-state index contributed by atoms with van der Waals surface area (Å²) in [5.74, 6) is 0.172. The number of carbonyl (C=O) groups is 2. The first kappa shape index (κ1) is 20.9.